The second-order valence-electron chi connectivity index (χ2n) is 4.87. The molecule has 104 valence electrons. The maximum absolute atomic E-state index is 5.31. The first kappa shape index (κ1) is 13.6. The van der Waals surface area contributed by atoms with E-state index in [0.717, 1.165) is 53.8 Å². The summed E-state index contributed by atoms with van der Waals surface area (Å²) in [4.78, 5) is 4.66. The van der Waals surface area contributed by atoms with Crippen molar-refractivity contribution >= 4 is 32.7 Å². The van der Waals surface area contributed by atoms with Gasteiger partial charge in [-0.15, -0.1) is 0 Å². The Balaban J connectivity index is 1.65. The lowest BCUT2D eigenvalue weighted by Crippen LogP contribution is -2.09. The molecule has 0 saturated carbocycles. The van der Waals surface area contributed by atoms with E-state index in [2.05, 4.69) is 44.4 Å². The Morgan fingerprint density at radius 1 is 1.25 bits per heavy atom. The van der Waals surface area contributed by atoms with Crippen LogP contribution in [0.15, 0.2) is 46.5 Å². The molecule has 1 aromatic carbocycles. The molecule has 0 radical (unpaired) electrons. The van der Waals surface area contributed by atoms with Gasteiger partial charge in [0.1, 0.15) is 5.82 Å². The highest BCUT2D eigenvalue weighted by Crippen LogP contribution is 2.23. The second-order valence-corrected chi connectivity index (χ2v) is 5.73. The minimum atomic E-state index is 0.760. The van der Waals surface area contributed by atoms with E-state index in [1.54, 1.807) is 0 Å². The molecular formula is C16H17BrN2O. The number of pyridine rings is 1. The molecule has 1 aliphatic rings. The van der Waals surface area contributed by atoms with Gasteiger partial charge in [0.25, 0.3) is 0 Å². The summed E-state index contributed by atoms with van der Waals surface area (Å²) in [5.74, 6) is 0.928. The van der Waals surface area contributed by atoms with E-state index in [0.29, 0.717) is 0 Å². The van der Waals surface area contributed by atoms with Gasteiger partial charge in [-0.05, 0) is 47.0 Å². The molecule has 1 aliphatic heterocycles. The molecule has 0 spiro atoms. The second kappa shape index (κ2) is 6.37. The number of nitrogens with zero attached hydrogens (tertiary/aromatic N) is 1. The highest BCUT2D eigenvalue weighted by Gasteiger charge is 2.04. The minimum Gasteiger partial charge on any atom is -0.377 e. The fourth-order valence-corrected chi connectivity index (χ4v) is 2.82. The maximum Gasteiger partial charge on any atom is 0.126 e. The Kier molecular flexibility index (Phi) is 4.33. The van der Waals surface area contributed by atoms with Crippen molar-refractivity contribution in [3.63, 3.8) is 0 Å². The van der Waals surface area contributed by atoms with Gasteiger partial charge in [0.2, 0.25) is 0 Å². The van der Waals surface area contributed by atoms with Crippen molar-refractivity contribution in [3.05, 3.63) is 46.5 Å². The maximum atomic E-state index is 5.31. The zero-order valence-corrected chi connectivity index (χ0v) is 12.8. The van der Waals surface area contributed by atoms with Gasteiger partial charge in [-0.1, -0.05) is 23.8 Å². The number of ether oxygens (including phenoxy) is 1. The number of aromatic nitrogens is 1. The predicted octanol–water partition coefficient (Wildman–Crippen LogP) is 4.15. The zero-order valence-electron chi connectivity index (χ0n) is 11.2. The third kappa shape index (κ3) is 3.19. The van der Waals surface area contributed by atoms with Crippen LogP contribution in [-0.2, 0) is 4.74 Å². The zero-order chi connectivity index (χ0) is 13.8. The average Bonchev–Trinajstić information content (AvgIpc) is 2.49. The number of fused-ring (bicyclic) bond motifs is 1. The Morgan fingerprint density at radius 2 is 2.20 bits per heavy atom. The number of benzene rings is 1. The van der Waals surface area contributed by atoms with E-state index in [9.17, 15) is 0 Å². The van der Waals surface area contributed by atoms with Gasteiger partial charge >= 0.3 is 0 Å². The summed E-state index contributed by atoms with van der Waals surface area (Å²) < 4.78 is 6.34. The molecule has 0 saturated heterocycles. The molecule has 3 rings (SSSR count). The molecule has 2 aromatic rings. The average molecular weight is 333 g/mol. The van der Waals surface area contributed by atoms with Crippen LogP contribution in [0.5, 0.6) is 0 Å². The SMILES string of the molecule is Brc1cccc2ccc(NCCC3=CCOCC3)nc12. The first-order chi connectivity index (χ1) is 9.83. The van der Waals surface area contributed by atoms with Crippen LogP contribution in [-0.4, -0.2) is 24.7 Å². The van der Waals surface area contributed by atoms with Crippen molar-refractivity contribution in [2.45, 2.75) is 12.8 Å². The molecule has 1 aromatic heterocycles. The van der Waals surface area contributed by atoms with Crippen LogP contribution in [0, 0.1) is 0 Å². The normalized spacial score (nSPS) is 15.2. The topological polar surface area (TPSA) is 34.1 Å². The summed E-state index contributed by atoms with van der Waals surface area (Å²) in [6.45, 7) is 2.53. The lowest BCUT2D eigenvalue weighted by molar-refractivity contribution is 0.153. The Hall–Kier alpha value is -1.39. The van der Waals surface area contributed by atoms with E-state index in [1.165, 1.54) is 5.57 Å². The number of hydrogen-bond donors (Lipinski definition) is 1. The number of rotatable bonds is 4. The molecule has 0 atom stereocenters. The minimum absolute atomic E-state index is 0.760. The van der Waals surface area contributed by atoms with Crippen LogP contribution in [0.1, 0.15) is 12.8 Å². The highest BCUT2D eigenvalue weighted by molar-refractivity contribution is 9.10. The van der Waals surface area contributed by atoms with Crippen molar-refractivity contribution in [1.82, 2.24) is 4.98 Å². The predicted molar refractivity (Wildman–Crippen MR) is 86.1 cm³/mol. The van der Waals surface area contributed by atoms with Crippen LogP contribution in [0.4, 0.5) is 5.82 Å². The molecule has 0 amide bonds. The van der Waals surface area contributed by atoms with Gasteiger partial charge in [-0.25, -0.2) is 4.98 Å². The van der Waals surface area contributed by atoms with E-state index >= 15 is 0 Å². The molecular weight excluding hydrogens is 316 g/mol. The summed E-state index contributed by atoms with van der Waals surface area (Å²) in [7, 11) is 0. The number of para-hydroxylation sites is 1. The quantitative estimate of drug-likeness (QED) is 0.854. The van der Waals surface area contributed by atoms with E-state index in [-0.39, 0.29) is 0 Å². The Labute approximate surface area is 127 Å². The smallest absolute Gasteiger partial charge is 0.126 e. The van der Waals surface area contributed by atoms with Crippen LogP contribution in [0.25, 0.3) is 10.9 Å². The summed E-state index contributed by atoms with van der Waals surface area (Å²) in [5.41, 5.74) is 2.48. The van der Waals surface area contributed by atoms with Crippen molar-refractivity contribution in [1.29, 1.82) is 0 Å². The Bertz CT molecular complexity index is 639. The van der Waals surface area contributed by atoms with Gasteiger partial charge < -0.3 is 10.1 Å². The molecule has 1 N–H and O–H groups in total. The summed E-state index contributed by atoms with van der Waals surface area (Å²) in [6, 6.07) is 10.3. The number of anilines is 1. The third-order valence-corrected chi connectivity index (χ3v) is 4.12. The fraction of sp³-hybridized carbons (Fsp3) is 0.312. The third-order valence-electron chi connectivity index (χ3n) is 3.48. The van der Waals surface area contributed by atoms with Gasteiger partial charge in [-0.2, -0.15) is 0 Å². The van der Waals surface area contributed by atoms with Crippen molar-refractivity contribution < 1.29 is 4.74 Å². The van der Waals surface area contributed by atoms with Crippen LogP contribution < -0.4 is 5.32 Å². The van der Waals surface area contributed by atoms with Crippen LogP contribution >= 0.6 is 15.9 Å². The monoisotopic (exact) mass is 332 g/mol. The fourth-order valence-electron chi connectivity index (χ4n) is 2.35. The van der Waals surface area contributed by atoms with Crippen molar-refractivity contribution in [2.75, 3.05) is 25.1 Å². The standard InChI is InChI=1S/C16H17BrN2O/c17-14-3-1-2-13-4-5-15(19-16(13)14)18-9-6-12-7-10-20-11-8-12/h1-5,7H,6,8-11H2,(H,18,19). The first-order valence-corrected chi connectivity index (χ1v) is 7.67. The largest absolute Gasteiger partial charge is 0.377 e. The highest BCUT2D eigenvalue weighted by atomic mass is 79.9. The molecule has 0 aliphatic carbocycles. The van der Waals surface area contributed by atoms with Gasteiger partial charge in [0.05, 0.1) is 18.7 Å². The summed E-state index contributed by atoms with van der Waals surface area (Å²) in [6.07, 6.45) is 4.30. The number of halogens is 1. The molecule has 4 heteroatoms. The van der Waals surface area contributed by atoms with Crippen molar-refractivity contribution in [2.24, 2.45) is 0 Å². The molecule has 0 fully saturated rings. The van der Waals surface area contributed by atoms with Crippen LogP contribution in [0.2, 0.25) is 0 Å². The van der Waals surface area contributed by atoms with E-state index in [1.807, 2.05) is 18.2 Å². The summed E-state index contributed by atoms with van der Waals surface area (Å²) in [5, 5.41) is 4.55. The lowest BCUT2D eigenvalue weighted by Gasteiger charge is -2.14. The van der Waals surface area contributed by atoms with E-state index in [4.69, 9.17) is 4.74 Å². The molecule has 20 heavy (non-hydrogen) atoms. The number of nitrogens with one attached hydrogen (secondary N) is 1. The van der Waals surface area contributed by atoms with Crippen LogP contribution in [0.3, 0.4) is 0 Å². The summed E-state index contributed by atoms with van der Waals surface area (Å²) >= 11 is 3.55. The van der Waals surface area contributed by atoms with Gasteiger partial charge in [0.15, 0.2) is 0 Å². The van der Waals surface area contributed by atoms with E-state index < -0.39 is 0 Å². The Morgan fingerprint density at radius 3 is 3.05 bits per heavy atom. The van der Waals surface area contributed by atoms with Crippen molar-refractivity contribution in [3.8, 4) is 0 Å². The lowest BCUT2D eigenvalue weighted by atomic mass is 10.1. The molecule has 0 unspecified atom stereocenters. The molecule has 0 bridgehead atoms. The first-order valence-electron chi connectivity index (χ1n) is 6.88. The van der Waals surface area contributed by atoms with Gasteiger partial charge in [0, 0.05) is 16.4 Å². The molecule has 3 nitrogen and oxygen atoms in total. The number of hydrogen-bond acceptors (Lipinski definition) is 3. The van der Waals surface area contributed by atoms with Gasteiger partial charge in [-0.3, -0.25) is 0 Å². The molecule has 2 heterocycles.